The van der Waals surface area contributed by atoms with Crippen LogP contribution in [0.5, 0.6) is 0 Å². The first-order valence-electron chi connectivity index (χ1n) is 8.88. The Morgan fingerprint density at radius 2 is 1.31 bits per heavy atom. The molecule has 0 saturated heterocycles. The molecule has 7 heteroatoms. The van der Waals surface area contributed by atoms with E-state index < -0.39 is 14.9 Å². The molecule has 0 atom stereocenters. The van der Waals surface area contributed by atoms with E-state index in [0.717, 1.165) is 32.3 Å². The number of hydrogen-bond acceptors (Lipinski definition) is 4. The van der Waals surface area contributed by atoms with Crippen molar-refractivity contribution in [3.63, 3.8) is 0 Å². The van der Waals surface area contributed by atoms with E-state index in [-0.39, 0.29) is 10.6 Å². The van der Waals surface area contributed by atoms with Crippen LogP contribution in [0.1, 0.15) is 0 Å². The second-order valence-corrected chi connectivity index (χ2v) is 8.51. The largest absolute Gasteiger partial charge is 0.279 e. The summed E-state index contributed by atoms with van der Waals surface area (Å²) in [5, 5.41) is 16.9. The van der Waals surface area contributed by atoms with E-state index in [9.17, 15) is 18.5 Å². The van der Waals surface area contributed by atoms with Gasteiger partial charge in [-0.05, 0) is 45.1 Å². The molecular weight excluding hydrogens is 388 g/mol. The minimum atomic E-state index is -3.90. The second-order valence-electron chi connectivity index (χ2n) is 6.83. The molecule has 0 unspecified atom stereocenters. The number of nitrogens with one attached hydrogen (secondary N) is 1. The number of benzene rings is 5. The lowest BCUT2D eigenvalue weighted by Gasteiger charge is -2.15. The summed E-state index contributed by atoms with van der Waals surface area (Å²) in [4.78, 5) is 10.2. The van der Waals surface area contributed by atoms with Crippen molar-refractivity contribution in [3.05, 3.63) is 89.0 Å². The first kappa shape index (κ1) is 17.4. The molecule has 29 heavy (non-hydrogen) atoms. The van der Waals surface area contributed by atoms with Crippen LogP contribution in [0.2, 0.25) is 0 Å². The molecule has 1 N–H and O–H groups in total. The molecule has 0 radical (unpaired) electrons. The Hall–Kier alpha value is -3.71. The molecule has 142 valence electrons. The van der Waals surface area contributed by atoms with Crippen LogP contribution in [0.25, 0.3) is 32.3 Å². The fraction of sp³-hybridized carbons (Fsp3) is 0. The number of anilines is 1. The highest BCUT2D eigenvalue weighted by Gasteiger charge is 2.18. The lowest BCUT2D eigenvalue weighted by molar-refractivity contribution is -0.384. The lowest BCUT2D eigenvalue weighted by atomic mass is 9.94. The average molecular weight is 402 g/mol. The maximum atomic E-state index is 12.9. The molecular formula is C22H14N2O4S. The molecule has 0 bridgehead atoms. The van der Waals surface area contributed by atoms with Crippen LogP contribution in [0, 0.1) is 10.1 Å². The highest BCUT2D eigenvalue weighted by molar-refractivity contribution is 7.92. The van der Waals surface area contributed by atoms with Crippen LogP contribution in [0.4, 0.5) is 11.4 Å². The van der Waals surface area contributed by atoms with E-state index in [1.54, 1.807) is 6.07 Å². The van der Waals surface area contributed by atoms with Crippen molar-refractivity contribution in [3.8, 4) is 0 Å². The Labute approximate surface area is 165 Å². The van der Waals surface area contributed by atoms with Crippen molar-refractivity contribution in [2.45, 2.75) is 4.90 Å². The van der Waals surface area contributed by atoms with Crippen molar-refractivity contribution in [2.24, 2.45) is 0 Å². The van der Waals surface area contributed by atoms with Crippen molar-refractivity contribution < 1.29 is 13.3 Å². The molecule has 0 fully saturated rings. The Morgan fingerprint density at radius 3 is 1.97 bits per heavy atom. The highest BCUT2D eigenvalue weighted by Crippen LogP contribution is 2.38. The third-order valence-corrected chi connectivity index (χ3v) is 6.51. The third-order valence-electron chi connectivity index (χ3n) is 5.13. The van der Waals surface area contributed by atoms with E-state index in [1.165, 1.54) is 24.3 Å². The van der Waals surface area contributed by atoms with Gasteiger partial charge in [0.05, 0.1) is 15.5 Å². The number of nitro groups is 1. The molecule has 0 spiro atoms. The minimum Gasteiger partial charge on any atom is -0.279 e. The molecule has 0 saturated carbocycles. The molecule has 0 amide bonds. The SMILES string of the molecule is O=[N+]([O-])c1ccc(S(=O)(=O)Nc2ccc3ccc4cccc5ccc2c3c45)cc1. The van der Waals surface area contributed by atoms with Gasteiger partial charge in [-0.2, -0.15) is 0 Å². The standard InChI is InChI=1S/C22H14N2O4S/c25-24(26)17-8-10-18(11-9-17)29(27,28)23-20-13-7-16-5-4-14-2-1-3-15-6-12-19(20)22(16)21(14)15/h1-13,23H. The number of nitro benzene ring substituents is 1. The van der Waals surface area contributed by atoms with Crippen LogP contribution < -0.4 is 4.72 Å². The van der Waals surface area contributed by atoms with Gasteiger partial charge in [0.1, 0.15) is 0 Å². The molecule has 0 heterocycles. The summed E-state index contributed by atoms with van der Waals surface area (Å²) in [6.07, 6.45) is 0. The number of nitrogens with zero attached hydrogens (tertiary/aromatic N) is 1. The minimum absolute atomic E-state index is 0.0335. The summed E-state index contributed by atoms with van der Waals surface area (Å²) < 4.78 is 28.4. The predicted octanol–water partition coefficient (Wildman–Crippen LogP) is 5.29. The number of sulfonamides is 1. The average Bonchev–Trinajstić information content (AvgIpc) is 2.73. The summed E-state index contributed by atoms with van der Waals surface area (Å²) in [6, 6.07) is 22.5. The van der Waals surface area contributed by atoms with Crippen LogP contribution in [0.3, 0.4) is 0 Å². The molecule has 6 nitrogen and oxygen atoms in total. The number of non-ortho nitro benzene ring substituents is 1. The van der Waals surface area contributed by atoms with E-state index in [1.807, 2.05) is 42.5 Å². The van der Waals surface area contributed by atoms with Gasteiger partial charge in [0.25, 0.3) is 15.7 Å². The zero-order chi connectivity index (χ0) is 20.2. The monoisotopic (exact) mass is 402 g/mol. The summed E-state index contributed by atoms with van der Waals surface area (Å²) in [5.74, 6) is 0. The normalized spacial score (nSPS) is 12.0. The van der Waals surface area contributed by atoms with E-state index in [0.29, 0.717) is 5.69 Å². The van der Waals surface area contributed by atoms with Crippen LogP contribution in [-0.4, -0.2) is 13.3 Å². The van der Waals surface area contributed by atoms with Gasteiger partial charge in [-0.3, -0.25) is 14.8 Å². The van der Waals surface area contributed by atoms with Crippen molar-refractivity contribution in [2.75, 3.05) is 4.72 Å². The van der Waals surface area contributed by atoms with Gasteiger partial charge in [-0.25, -0.2) is 8.42 Å². The van der Waals surface area contributed by atoms with Crippen molar-refractivity contribution >= 4 is 53.7 Å². The van der Waals surface area contributed by atoms with Gasteiger partial charge < -0.3 is 0 Å². The zero-order valence-corrected chi connectivity index (χ0v) is 15.8. The van der Waals surface area contributed by atoms with E-state index in [2.05, 4.69) is 10.8 Å². The molecule has 0 aliphatic rings. The maximum Gasteiger partial charge on any atom is 0.269 e. The first-order valence-corrected chi connectivity index (χ1v) is 10.4. The van der Waals surface area contributed by atoms with Gasteiger partial charge in [0, 0.05) is 17.5 Å². The molecule has 0 aliphatic carbocycles. The highest BCUT2D eigenvalue weighted by atomic mass is 32.2. The van der Waals surface area contributed by atoms with Crippen molar-refractivity contribution in [1.82, 2.24) is 0 Å². The third kappa shape index (κ3) is 2.75. The number of hydrogen-bond donors (Lipinski definition) is 1. The first-order chi connectivity index (χ1) is 13.9. The van der Waals surface area contributed by atoms with Crippen molar-refractivity contribution in [1.29, 1.82) is 0 Å². The summed E-state index contributed by atoms with van der Waals surface area (Å²) in [7, 11) is -3.90. The molecule has 5 aromatic rings. The van der Waals surface area contributed by atoms with E-state index >= 15 is 0 Å². The molecule has 5 rings (SSSR count). The van der Waals surface area contributed by atoms with Gasteiger partial charge in [0.2, 0.25) is 0 Å². The summed E-state index contributed by atoms with van der Waals surface area (Å²) in [6.45, 7) is 0. The fourth-order valence-corrected chi connectivity index (χ4v) is 4.85. The predicted molar refractivity (Wildman–Crippen MR) is 114 cm³/mol. The topological polar surface area (TPSA) is 89.3 Å². The van der Waals surface area contributed by atoms with Gasteiger partial charge in [0.15, 0.2) is 0 Å². The van der Waals surface area contributed by atoms with E-state index in [4.69, 9.17) is 0 Å². The lowest BCUT2D eigenvalue weighted by Crippen LogP contribution is -2.13. The molecule has 0 aliphatic heterocycles. The van der Waals surface area contributed by atoms with Crippen LogP contribution >= 0.6 is 0 Å². The second kappa shape index (κ2) is 6.15. The van der Waals surface area contributed by atoms with Gasteiger partial charge in [-0.1, -0.05) is 48.5 Å². The maximum absolute atomic E-state index is 12.9. The number of rotatable bonds is 4. The van der Waals surface area contributed by atoms with Gasteiger partial charge in [-0.15, -0.1) is 0 Å². The summed E-state index contributed by atoms with van der Waals surface area (Å²) in [5.41, 5.74) is 0.306. The van der Waals surface area contributed by atoms with Crippen LogP contribution in [-0.2, 0) is 10.0 Å². The molecule has 0 aromatic heterocycles. The fourth-order valence-electron chi connectivity index (χ4n) is 3.77. The Bertz CT molecular complexity index is 1490. The zero-order valence-electron chi connectivity index (χ0n) is 15.0. The molecule has 5 aromatic carbocycles. The van der Waals surface area contributed by atoms with Crippen LogP contribution in [0.15, 0.2) is 83.8 Å². The van der Waals surface area contributed by atoms with Gasteiger partial charge >= 0.3 is 0 Å². The summed E-state index contributed by atoms with van der Waals surface area (Å²) >= 11 is 0. The quantitative estimate of drug-likeness (QED) is 0.251. The smallest absolute Gasteiger partial charge is 0.269 e. The Balaban J connectivity index is 1.66. The Kier molecular flexibility index (Phi) is 3.69. The Morgan fingerprint density at radius 1 is 0.724 bits per heavy atom.